The Hall–Kier alpha value is -2.86. The number of benzene rings is 2. The van der Waals surface area contributed by atoms with E-state index in [4.69, 9.17) is 0 Å². The number of urea groups is 1. The average Bonchev–Trinajstić information content (AvgIpc) is 2.76. The summed E-state index contributed by atoms with van der Waals surface area (Å²) < 4.78 is 0. The van der Waals surface area contributed by atoms with Crippen molar-refractivity contribution in [1.29, 1.82) is 0 Å². The molecule has 3 fully saturated rings. The van der Waals surface area contributed by atoms with E-state index < -0.39 is 0 Å². The lowest BCUT2D eigenvalue weighted by atomic mass is 9.78. The number of carbonyl (C=O) groups is 2. The van der Waals surface area contributed by atoms with E-state index in [0.717, 1.165) is 55.0 Å². The summed E-state index contributed by atoms with van der Waals surface area (Å²) in [5, 5.41) is 8.60. The van der Waals surface area contributed by atoms with Crippen LogP contribution in [0.5, 0.6) is 0 Å². The first kappa shape index (κ1) is 19.5. The van der Waals surface area contributed by atoms with E-state index in [1.807, 2.05) is 55.5 Å². The molecule has 0 radical (unpaired) electrons. The molecule has 2 aromatic rings. The number of fused-ring (bicyclic) bond motifs is 3. The molecule has 6 nitrogen and oxygen atoms in total. The molecule has 3 N–H and O–H groups in total. The Balaban J connectivity index is 1.36. The lowest BCUT2D eigenvalue weighted by Gasteiger charge is -2.43. The number of hydrogen-bond donors (Lipinski definition) is 3. The molecule has 29 heavy (non-hydrogen) atoms. The molecule has 2 bridgehead atoms. The summed E-state index contributed by atoms with van der Waals surface area (Å²) in [5.74, 6) is 0.792. The van der Waals surface area contributed by atoms with Crippen molar-refractivity contribution in [2.24, 2.45) is 11.8 Å². The summed E-state index contributed by atoms with van der Waals surface area (Å²) in [4.78, 5) is 26.7. The smallest absolute Gasteiger partial charge is 0.319 e. The van der Waals surface area contributed by atoms with E-state index in [9.17, 15) is 9.59 Å². The monoisotopic (exact) mass is 392 g/mol. The molecule has 0 spiro atoms. The zero-order valence-corrected chi connectivity index (χ0v) is 16.8. The fourth-order valence-electron chi connectivity index (χ4n) is 4.32. The molecule has 2 aromatic carbocycles. The van der Waals surface area contributed by atoms with Crippen molar-refractivity contribution in [3.8, 4) is 11.1 Å². The van der Waals surface area contributed by atoms with Crippen LogP contribution in [0.3, 0.4) is 0 Å². The molecule has 3 heterocycles. The summed E-state index contributed by atoms with van der Waals surface area (Å²) in [7, 11) is 0. The van der Waals surface area contributed by atoms with Crippen molar-refractivity contribution < 1.29 is 9.59 Å². The average molecular weight is 393 g/mol. The minimum Gasteiger partial charge on any atom is -0.338 e. The first-order valence-corrected chi connectivity index (χ1v) is 10.4. The fraction of sp³-hybridized carbons (Fsp3) is 0.391. The Morgan fingerprint density at radius 1 is 0.897 bits per heavy atom. The van der Waals surface area contributed by atoms with Gasteiger partial charge in [0.25, 0.3) is 0 Å². The van der Waals surface area contributed by atoms with E-state index in [0.29, 0.717) is 12.5 Å². The molecule has 3 saturated heterocycles. The molecular formula is C23H28N4O2. The van der Waals surface area contributed by atoms with Gasteiger partial charge in [0.15, 0.2) is 0 Å². The van der Waals surface area contributed by atoms with Gasteiger partial charge < -0.3 is 20.9 Å². The van der Waals surface area contributed by atoms with Gasteiger partial charge in [0, 0.05) is 24.5 Å². The van der Waals surface area contributed by atoms with Crippen LogP contribution in [0.4, 0.5) is 16.2 Å². The van der Waals surface area contributed by atoms with Crippen LogP contribution < -0.4 is 16.0 Å². The molecule has 3 amide bonds. The first-order valence-electron chi connectivity index (χ1n) is 10.4. The lowest BCUT2D eigenvalue weighted by molar-refractivity contribution is -0.125. The van der Waals surface area contributed by atoms with Crippen LogP contribution in [-0.2, 0) is 4.79 Å². The minimum absolute atomic E-state index is 0.113. The molecule has 3 aliphatic rings. The van der Waals surface area contributed by atoms with Gasteiger partial charge in [-0.3, -0.25) is 4.79 Å². The van der Waals surface area contributed by atoms with E-state index in [-0.39, 0.29) is 17.9 Å². The maximum Gasteiger partial charge on any atom is 0.319 e. The number of rotatable bonds is 5. The van der Waals surface area contributed by atoms with Gasteiger partial charge in [-0.15, -0.1) is 0 Å². The van der Waals surface area contributed by atoms with Crippen LogP contribution in [0.25, 0.3) is 11.1 Å². The van der Waals surface area contributed by atoms with E-state index in [2.05, 4.69) is 20.9 Å². The Morgan fingerprint density at radius 3 is 1.93 bits per heavy atom. The maximum atomic E-state index is 12.7. The van der Waals surface area contributed by atoms with Crippen LogP contribution in [-0.4, -0.2) is 43.0 Å². The van der Waals surface area contributed by atoms with Crippen LogP contribution in [0.1, 0.15) is 19.8 Å². The van der Waals surface area contributed by atoms with Gasteiger partial charge in [0.05, 0.1) is 5.92 Å². The summed E-state index contributed by atoms with van der Waals surface area (Å²) in [5.41, 5.74) is 3.71. The molecular weight excluding hydrogens is 364 g/mol. The van der Waals surface area contributed by atoms with Crippen LogP contribution in [0, 0.1) is 11.8 Å². The number of nitrogens with one attached hydrogen (secondary N) is 3. The second-order valence-electron chi connectivity index (χ2n) is 7.87. The molecule has 0 aromatic heterocycles. The zero-order valence-electron chi connectivity index (χ0n) is 16.8. The number of piperidine rings is 3. The second-order valence-corrected chi connectivity index (χ2v) is 7.87. The van der Waals surface area contributed by atoms with Gasteiger partial charge in [0.1, 0.15) is 0 Å². The van der Waals surface area contributed by atoms with Crippen molar-refractivity contribution in [1.82, 2.24) is 10.2 Å². The molecule has 152 valence electrons. The first-order chi connectivity index (χ1) is 14.1. The highest BCUT2D eigenvalue weighted by Gasteiger charge is 2.38. The van der Waals surface area contributed by atoms with Crippen molar-refractivity contribution in [2.75, 3.05) is 36.8 Å². The zero-order chi connectivity index (χ0) is 20.2. The SMILES string of the molecule is CCNC(=O)Nc1ccc(-c2ccc(NC(=O)C3CN4CCC3CC4)cc2)cc1. The third-order valence-corrected chi connectivity index (χ3v) is 5.96. The summed E-state index contributed by atoms with van der Waals surface area (Å²) in [6.07, 6.45) is 2.28. The number of hydrogen-bond acceptors (Lipinski definition) is 3. The maximum absolute atomic E-state index is 12.7. The molecule has 0 saturated carbocycles. The van der Waals surface area contributed by atoms with Crippen molar-refractivity contribution in [3.63, 3.8) is 0 Å². The van der Waals surface area contributed by atoms with Crippen LogP contribution in [0.2, 0.25) is 0 Å². The highest BCUT2D eigenvalue weighted by molar-refractivity contribution is 5.93. The summed E-state index contributed by atoms with van der Waals surface area (Å²) >= 11 is 0. The third kappa shape index (κ3) is 4.59. The predicted octanol–water partition coefficient (Wildman–Crippen LogP) is 3.78. The van der Waals surface area contributed by atoms with Crippen LogP contribution in [0.15, 0.2) is 48.5 Å². The molecule has 1 unspecified atom stereocenters. The van der Waals surface area contributed by atoms with Gasteiger partial charge in [0.2, 0.25) is 5.91 Å². The largest absolute Gasteiger partial charge is 0.338 e. The molecule has 3 aliphatic heterocycles. The quantitative estimate of drug-likeness (QED) is 0.725. The Bertz CT molecular complexity index is 855. The van der Waals surface area contributed by atoms with Crippen molar-refractivity contribution >= 4 is 23.3 Å². The Kier molecular flexibility index (Phi) is 5.81. The third-order valence-electron chi connectivity index (χ3n) is 5.96. The van der Waals surface area contributed by atoms with E-state index >= 15 is 0 Å². The van der Waals surface area contributed by atoms with Gasteiger partial charge in [-0.25, -0.2) is 4.79 Å². The Morgan fingerprint density at radius 2 is 1.45 bits per heavy atom. The van der Waals surface area contributed by atoms with Crippen molar-refractivity contribution in [3.05, 3.63) is 48.5 Å². The normalized spacial score (nSPS) is 22.7. The number of carbonyl (C=O) groups excluding carboxylic acids is 2. The number of anilines is 2. The van der Waals surface area contributed by atoms with Gasteiger partial charge >= 0.3 is 6.03 Å². The minimum atomic E-state index is -0.205. The number of nitrogens with zero attached hydrogens (tertiary/aromatic N) is 1. The van der Waals surface area contributed by atoms with Gasteiger partial charge in [-0.1, -0.05) is 24.3 Å². The Labute approximate surface area is 171 Å². The van der Waals surface area contributed by atoms with Gasteiger partial charge in [-0.05, 0) is 74.2 Å². The van der Waals surface area contributed by atoms with Crippen molar-refractivity contribution in [2.45, 2.75) is 19.8 Å². The fourth-order valence-corrected chi connectivity index (χ4v) is 4.32. The van der Waals surface area contributed by atoms with E-state index in [1.165, 1.54) is 0 Å². The lowest BCUT2D eigenvalue weighted by Crippen LogP contribution is -2.51. The number of amides is 3. The van der Waals surface area contributed by atoms with Gasteiger partial charge in [-0.2, -0.15) is 0 Å². The highest BCUT2D eigenvalue weighted by atomic mass is 16.2. The molecule has 6 heteroatoms. The topological polar surface area (TPSA) is 73.5 Å². The molecule has 5 rings (SSSR count). The van der Waals surface area contributed by atoms with Crippen LogP contribution >= 0.6 is 0 Å². The molecule has 0 aliphatic carbocycles. The second kappa shape index (κ2) is 8.66. The van der Waals surface area contributed by atoms with E-state index in [1.54, 1.807) is 0 Å². The molecule has 1 atom stereocenters. The predicted molar refractivity (Wildman–Crippen MR) is 116 cm³/mol. The summed E-state index contributed by atoms with van der Waals surface area (Å²) in [6, 6.07) is 15.4. The summed E-state index contributed by atoms with van der Waals surface area (Å²) in [6.45, 7) is 5.64. The standard InChI is InChI=1S/C23H28N4O2/c1-2-24-23(29)26-20-9-5-17(6-10-20)16-3-7-19(8-4-16)25-22(28)21-15-27-13-11-18(21)12-14-27/h3-10,18,21H,2,11-15H2,1H3,(H,25,28)(H2,24,26,29). The highest BCUT2D eigenvalue weighted by Crippen LogP contribution is 2.33.